The van der Waals surface area contributed by atoms with Crippen molar-refractivity contribution in [1.29, 1.82) is 0 Å². The van der Waals surface area contributed by atoms with Crippen LogP contribution in [0.25, 0.3) is 4.96 Å². The van der Waals surface area contributed by atoms with Crippen LogP contribution in [0.4, 0.5) is 5.69 Å². The Balaban J connectivity index is 2.08. The number of fused-ring (bicyclic) bond motifs is 1. The molecular formula is C12H6ClN3O4S. The molecule has 1 aromatic carbocycles. The van der Waals surface area contributed by atoms with Gasteiger partial charge in [-0.1, -0.05) is 11.6 Å². The lowest BCUT2D eigenvalue weighted by molar-refractivity contribution is -0.385. The molecular weight excluding hydrogens is 318 g/mol. The van der Waals surface area contributed by atoms with E-state index in [1.807, 2.05) is 0 Å². The average Bonchev–Trinajstić information content (AvgIpc) is 3.00. The van der Waals surface area contributed by atoms with Gasteiger partial charge in [-0.05, 0) is 12.1 Å². The molecule has 2 aromatic heterocycles. The van der Waals surface area contributed by atoms with Crippen molar-refractivity contribution in [2.24, 2.45) is 0 Å². The molecule has 0 unspecified atom stereocenters. The summed E-state index contributed by atoms with van der Waals surface area (Å²) in [5.41, 5.74) is -0.105. The zero-order valence-electron chi connectivity index (χ0n) is 10.2. The Bertz CT molecular complexity index is 857. The van der Waals surface area contributed by atoms with Crippen molar-refractivity contribution >= 4 is 39.9 Å². The molecule has 7 nitrogen and oxygen atoms in total. The van der Waals surface area contributed by atoms with Crippen LogP contribution in [0.1, 0.15) is 10.5 Å². The number of benzene rings is 1. The van der Waals surface area contributed by atoms with Gasteiger partial charge in [0, 0.05) is 22.7 Å². The van der Waals surface area contributed by atoms with E-state index in [0.29, 0.717) is 11.2 Å². The topological polar surface area (TPSA) is 86.7 Å². The Kier molecular flexibility index (Phi) is 3.32. The van der Waals surface area contributed by atoms with E-state index < -0.39 is 4.92 Å². The molecule has 0 amide bonds. The highest BCUT2D eigenvalue weighted by atomic mass is 35.5. The maximum absolute atomic E-state index is 11.2. The van der Waals surface area contributed by atoms with Crippen molar-refractivity contribution in [2.75, 3.05) is 0 Å². The minimum Gasteiger partial charge on any atom is -0.430 e. The highest BCUT2D eigenvalue weighted by Gasteiger charge is 2.20. The number of halogens is 1. The molecule has 0 atom stereocenters. The van der Waals surface area contributed by atoms with E-state index in [1.165, 1.54) is 29.5 Å². The lowest BCUT2D eigenvalue weighted by atomic mass is 10.3. The van der Waals surface area contributed by atoms with Crippen LogP contribution in [0.2, 0.25) is 5.02 Å². The van der Waals surface area contributed by atoms with E-state index in [1.54, 1.807) is 16.0 Å². The first kappa shape index (κ1) is 13.5. The van der Waals surface area contributed by atoms with Crippen LogP contribution in [0.15, 0.2) is 29.8 Å². The van der Waals surface area contributed by atoms with Gasteiger partial charge >= 0.3 is 5.69 Å². The zero-order chi connectivity index (χ0) is 15.0. The zero-order valence-corrected chi connectivity index (χ0v) is 11.8. The lowest BCUT2D eigenvalue weighted by Gasteiger charge is -2.04. The van der Waals surface area contributed by atoms with Gasteiger partial charge in [0.2, 0.25) is 11.6 Å². The second-order valence-electron chi connectivity index (χ2n) is 3.95. The summed E-state index contributed by atoms with van der Waals surface area (Å²) in [4.78, 5) is 26.3. The maximum Gasteiger partial charge on any atom is 0.313 e. The Hall–Kier alpha value is -2.45. The number of aldehydes is 1. The third kappa shape index (κ3) is 2.34. The number of nitro groups is 1. The number of carbonyl (C=O) groups is 1. The molecule has 9 heteroatoms. The molecule has 0 aliphatic carbocycles. The van der Waals surface area contributed by atoms with Crippen LogP contribution in [0.5, 0.6) is 11.6 Å². The van der Waals surface area contributed by atoms with Gasteiger partial charge in [0.05, 0.1) is 4.92 Å². The number of hydrogen-bond donors (Lipinski definition) is 0. The van der Waals surface area contributed by atoms with Crippen LogP contribution >= 0.6 is 22.9 Å². The lowest BCUT2D eigenvalue weighted by Crippen LogP contribution is -1.96. The van der Waals surface area contributed by atoms with Gasteiger partial charge < -0.3 is 4.74 Å². The molecule has 0 bridgehead atoms. The molecule has 3 aromatic rings. The number of thiazole rings is 1. The van der Waals surface area contributed by atoms with Crippen molar-refractivity contribution in [3.05, 3.63) is 50.6 Å². The molecule has 0 spiro atoms. The Morgan fingerprint density at radius 1 is 1.48 bits per heavy atom. The van der Waals surface area contributed by atoms with Crippen LogP contribution < -0.4 is 4.74 Å². The van der Waals surface area contributed by atoms with Gasteiger partial charge in [0.15, 0.2) is 16.9 Å². The van der Waals surface area contributed by atoms with Crippen molar-refractivity contribution in [2.45, 2.75) is 0 Å². The smallest absolute Gasteiger partial charge is 0.313 e. The number of hydrogen-bond acceptors (Lipinski definition) is 6. The van der Waals surface area contributed by atoms with Crippen LogP contribution in [-0.2, 0) is 0 Å². The van der Waals surface area contributed by atoms with Crippen LogP contribution in [0, 0.1) is 10.1 Å². The third-order valence-corrected chi connectivity index (χ3v) is 3.69. The van der Waals surface area contributed by atoms with E-state index in [-0.39, 0.29) is 28.0 Å². The van der Waals surface area contributed by atoms with E-state index in [2.05, 4.69) is 4.98 Å². The molecule has 2 heterocycles. The van der Waals surface area contributed by atoms with Crippen LogP contribution in [0.3, 0.4) is 0 Å². The fourth-order valence-corrected chi connectivity index (χ4v) is 2.67. The summed E-state index contributed by atoms with van der Waals surface area (Å²) in [5.74, 6) is -0.0134. The fourth-order valence-electron chi connectivity index (χ4n) is 1.79. The normalized spacial score (nSPS) is 10.7. The maximum atomic E-state index is 11.2. The summed E-state index contributed by atoms with van der Waals surface area (Å²) >= 11 is 7.05. The largest absolute Gasteiger partial charge is 0.430 e. The summed E-state index contributed by atoms with van der Waals surface area (Å²) in [5, 5.41) is 13.0. The molecule has 21 heavy (non-hydrogen) atoms. The Morgan fingerprint density at radius 3 is 3.00 bits per heavy atom. The van der Waals surface area contributed by atoms with Gasteiger partial charge in [-0.15, -0.1) is 11.3 Å². The van der Waals surface area contributed by atoms with Gasteiger partial charge in [-0.2, -0.15) is 4.98 Å². The third-order valence-electron chi connectivity index (χ3n) is 2.70. The van der Waals surface area contributed by atoms with Crippen molar-refractivity contribution in [3.63, 3.8) is 0 Å². The highest BCUT2D eigenvalue weighted by Crippen LogP contribution is 2.34. The summed E-state index contributed by atoms with van der Waals surface area (Å²) in [6, 6.07) is 4.00. The fraction of sp³-hybridized carbons (Fsp3) is 0. The summed E-state index contributed by atoms with van der Waals surface area (Å²) in [6.45, 7) is 0. The first-order valence-electron chi connectivity index (χ1n) is 5.62. The molecule has 0 fully saturated rings. The SMILES string of the molecule is O=Cc1c(Oc2ccc(Cl)cc2[N+](=O)[O-])nc2sccn12. The van der Waals surface area contributed by atoms with Gasteiger partial charge in [-0.3, -0.25) is 19.3 Å². The monoisotopic (exact) mass is 323 g/mol. The first-order chi connectivity index (χ1) is 10.1. The van der Waals surface area contributed by atoms with E-state index in [9.17, 15) is 14.9 Å². The van der Waals surface area contributed by atoms with Crippen molar-refractivity contribution in [1.82, 2.24) is 9.38 Å². The van der Waals surface area contributed by atoms with Crippen molar-refractivity contribution in [3.8, 4) is 11.6 Å². The molecule has 3 rings (SSSR count). The molecule has 0 aliphatic rings. The van der Waals surface area contributed by atoms with E-state index in [0.717, 1.165) is 0 Å². The first-order valence-corrected chi connectivity index (χ1v) is 6.88. The molecule has 0 saturated heterocycles. The molecule has 106 valence electrons. The number of nitrogens with zero attached hydrogens (tertiary/aromatic N) is 3. The summed E-state index contributed by atoms with van der Waals surface area (Å²) in [7, 11) is 0. The second kappa shape index (κ2) is 5.15. The molecule has 0 aliphatic heterocycles. The van der Waals surface area contributed by atoms with Crippen LogP contribution in [-0.4, -0.2) is 20.6 Å². The molecule has 0 N–H and O–H groups in total. The van der Waals surface area contributed by atoms with Gasteiger partial charge in [-0.25, -0.2) is 0 Å². The molecule has 0 radical (unpaired) electrons. The average molecular weight is 324 g/mol. The quantitative estimate of drug-likeness (QED) is 0.416. The number of ether oxygens (including phenoxy) is 1. The van der Waals surface area contributed by atoms with E-state index in [4.69, 9.17) is 16.3 Å². The number of nitro benzene ring substituents is 1. The minimum atomic E-state index is -0.611. The minimum absolute atomic E-state index is 0.0160. The van der Waals surface area contributed by atoms with E-state index >= 15 is 0 Å². The van der Waals surface area contributed by atoms with Gasteiger partial charge in [0.25, 0.3) is 0 Å². The predicted octanol–water partition coefficient (Wildman–Crippen LogP) is 3.56. The van der Waals surface area contributed by atoms with Crippen molar-refractivity contribution < 1.29 is 14.5 Å². The number of imidazole rings is 1. The second-order valence-corrected chi connectivity index (χ2v) is 5.26. The van der Waals surface area contributed by atoms with Gasteiger partial charge in [0.1, 0.15) is 0 Å². The number of aromatic nitrogens is 2. The number of carbonyl (C=O) groups excluding carboxylic acids is 1. The summed E-state index contributed by atoms with van der Waals surface area (Å²) in [6.07, 6.45) is 2.25. The Labute approximate surface area is 126 Å². The standard InChI is InChI=1S/C12H6ClN3O4S/c13-7-1-2-10(8(5-7)16(18)19)20-11-9(6-17)15-3-4-21-12(15)14-11/h1-6H. The summed E-state index contributed by atoms with van der Waals surface area (Å²) < 4.78 is 6.98. The Morgan fingerprint density at radius 2 is 2.29 bits per heavy atom. The molecule has 0 saturated carbocycles. The highest BCUT2D eigenvalue weighted by molar-refractivity contribution is 7.15. The number of rotatable bonds is 4. The predicted molar refractivity (Wildman–Crippen MR) is 76.6 cm³/mol.